The van der Waals surface area contributed by atoms with Crippen molar-refractivity contribution in [1.29, 1.82) is 0 Å². The third-order valence-electron chi connectivity index (χ3n) is 2.22. The van der Waals surface area contributed by atoms with Gasteiger partial charge >= 0.3 is 0 Å². The van der Waals surface area contributed by atoms with E-state index >= 15 is 0 Å². The summed E-state index contributed by atoms with van der Waals surface area (Å²) in [6.45, 7) is -0.0625. The van der Waals surface area contributed by atoms with Crippen molar-refractivity contribution >= 4 is 38.9 Å². The van der Waals surface area contributed by atoms with E-state index in [2.05, 4.69) is 26.1 Å². The van der Waals surface area contributed by atoms with Crippen molar-refractivity contribution in [2.75, 3.05) is 18.6 Å². The summed E-state index contributed by atoms with van der Waals surface area (Å²) in [7, 11) is 1.71. The number of nitrogens with zero attached hydrogens (tertiary/aromatic N) is 3. The van der Waals surface area contributed by atoms with E-state index in [-0.39, 0.29) is 12.5 Å². The molecule has 0 unspecified atom stereocenters. The first kappa shape index (κ1) is 13.0. The van der Waals surface area contributed by atoms with Crippen LogP contribution in [-0.2, 0) is 4.79 Å². The summed E-state index contributed by atoms with van der Waals surface area (Å²) < 4.78 is 5.88. The number of para-hydroxylation sites is 1. The molecule has 0 radical (unpaired) electrons. The van der Waals surface area contributed by atoms with Gasteiger partial charge in [-0.1, -0.05) is 23.3 Å². The summed E-state index contributed by atoms with van der Waals surface area (Å²) in [5.74, 6) is -0.146. The largest absolute Gasteiger partial charge is 0.459 e. The molecule has 0 bridgehead atoms. The van der Waals surface area contributed by atoms with Crippen LogP contribution in [0.15, 0.2) is 34.2 Å². The number of anilines is 1. The van der Waals surface area contributed by atoms with Gasteiger partial charge in [-0.15, -0.1) is 5.10 Å². The van der Waals surface area contributed by atoms with Gasteiger partial charge in [0.05, 0.1) is 0 Å². The summed E-state index contributed by atoms with van der Waals surface area (Å²) in [6, 6.07) is 9.37. The maximum Gasteiger partial charge on any atom is 0.295 e. The Hall–Kier alpha value is -1.47. The molecule has 0 saturated heterocycles. The Morgan fingerprint density at radius 2 is 2.11 bits per heavy atom. The molecule has 1 aromatic heterocycles. The molecule has 0 aliphatic heterocycles. The number of hydrogen-bond acceptors (Lipinski definition) is 5. The fraction of sp³-hybridized carbons (Fsp3) is 0.182. The monoisotopic (exact) mass is 327 g/mol. The van der Waals surface area contributed by atoms with E-state index < -0.39 is 0 Å². The molecule has 0 aliphatic carbocycles. The van der Waals surface area contributed by atoms with Gasteiger partial charge in [-0.2, -0.15) is 0 Å². The molecule has 7 heteroatoms. The van der Waals surface area contributed by atoms with Crippen molar-refractivity contribution < 1.29 is 9.53 Å². The number of likely N-dealkylation sites (N-methyl/N-ethyl adjacent to an activating group) is 1. The van der Waals surface area contributed by atoms with Crippen LogP contribution < -0.4 is 9.64 Å². The van der Waals surface area contributed by atoms with Crippen molar-refractivity contribution in [3.05, 3.63) is 34.2 Å². The molecule has 0 N–H and O–H groups in total. The number of benzene rings is 1. The van der Waals surface area contributed by atoms with Gasteiger partial charge in [0, 0.05) is 12.7 Å². The molecular weight excluding hydrogens is 318 g/mol. The SMILES string of the molecule is CN(C(=O)COc1nnc(Br)s1)c1ccccc1. The molecule has 18 heavy (non-hydrogen) atoms. The molecule has 0 atom stereocenters. The van der Waals surface area contributed by atoms with Crippen LogP contribution in [0.3, 0.4) is 0 Å². The molecule has 1 aromatic carbocycles. The number of rotatable bonds is 4. The molecule has 0 fully saturated rings. The number of ether oxygens (including phenoxy) is 1. The van der Waals surface area contributed by atoms with Crippen LogP contribution in [0.25, 0.3) is 0 Å². The second kappa shape index (κ2) is 5.92. The molecule has 1 heterocycles. The smallest absolute Gasteiger partial charge is 0.295 e. The Balaban J connectivity index is 1.92. The van der Waals surface area contributed by atoms with E-state index in [0.29, 0.717) is 9.11 Å². The zero-order valence-electron chi connectivity index (χ0n) is 9.54. The average molecular weight is 328 g/mol. The first-order valence-corrected chi connectivity index (χ1v) is 6.71. The molecular formula is C11H10BrN3O2S. The quantitative estimate of drug-likeness (QED) is 0.864. The lowest BCUT2D eigenvalue weighted by Crippen LogP contribution is -2.31. The Morgan fingerprint density at radius 3 is 2.72 bits per heavy atom. The van der Waals surface area contributed by atoms with Crippen molar-refractivity contribution in [3.63, 3.8) is 0 Å². The second-order valence-corrected chi connectivity index (χ2v) is 5.61. The highest BCUT2D eigenvalue weighted by Gasteiger charge is 2.12. The zero-order valence-corrected chi connectivity index (χ0v) is 11.9. The van der Waals surface area contributed by atoms with Crippen molar-refractivity contribution in [3.8, 4) is 5.19 Å². The van der Waals surface area contributed by atoms with Gasteiger partial charge in [-0.05, 0) is 39.4 Å². The van der Waals surface area contributed by atoms with Crippen LogP contribution in [0.4, 0.5) is 5.69 Å². The number of carbonyl (C=O) groups is 1. The van der Waals surface area contributed by atoms with Crippen LogP contribution >= 0.6 is 27.3 Å². The van der Waals surface area contributed by atoms with Gasteiger partial charge in [0.25, 0.3) is 11.1 Å². The van der Waals surface area contributed by atoms with Gasteiger partial charge in [0.2, 0.25) is 0 Å². The van der Waals surface area contributed by atoms with Crippen LogP contribution in [0.1, 0.15) is 0 Å². The minimum Gasteiger partial charge on any atom is -0.459 e. The van der Waals surface area contributed by atoms with Gasteiger partial charge in [-0.3, -0.25) is 4.79 Å². The predicted octanol–water partition coefficient (Wildman–Crippen LogP) is 2.34. The summed E-state index contributed by atoms with van der Waals surface area (Å²) in [5.41, 5.74) is 0.824. The summed E-state index contributed by atoms with van der Waals surface area (Å²) in [6.07, 6.45) is 0. The van der Waals surface area contributed by atoms with Gasteiger partial charge in [0.1, 0.15) is 0 Å². The summed E-state index contributed by atoms with van der Waals surface area (Å²) >= 11 is 4.41. The van der Waals surface area contributed by atoms with Crippen molar-refractivity contribution in [1.82, 2.24) is 10.2 Å². The Labute approximate surface area is 117 Å². The molecule has 94 valence electrons. The van der Waals surface area contributed by atoms with Gasteiger partial charge in [0.15, 0.2) is 10.5 Å². The third-order valence-corrected chi connectivity index (χ3v) is 3.49. The lowest BCUT2D eigenvalue weighted by Gasteiger charge is -2.16. The van der Waals surface area contributed by atoms with Crippen molar-refractivity contribution in [2.24, 2.45) is 0 Å². The molecule has 2 rings (SSSR count). The number of hydrogen-bond donors (Lipinski definition) is 0. The van der Waals surface area contributed by atoms with Crippen LogP contribution in [-0.4, -0.2) is 29.8 Å². The molecule has 1 amide bonds. The molecule has 0 saturated carbocycles. The average Bonchev–Trinajstić information content (AvgIpc) is 2.82. The van der Waals surface area contributed by atoms with Crippen molar-refractivity contribution in [2.45, 2.75) is 0 Å². The Morgan fingerprint density at radius 1 is 1.39 bits per heavy atom. The van der Waals surface area contributed by atoms with E-state index in [9.17, 15) is 4.79 Å². The second-order valence-electron chi connectivity index (χ2n) is 3.40. The van der Waals surface area contributed by atoms with Gasteiger partial charge < -0.3 is 9.64 Å². The van der Waals surface area contributed by atoms with Crippen LogP contribution in [0.5, 0.6) is 5.19 Å². The van der Waals surface area contributed by atoms with E-state index in [1.165, 1.54) is 16.2 Å². The van der Waals surface area contributed by atoms with Crippen LogP contribution in [0.2, 0.25) is 0 Å². The number of halogens is 1. The molecule has 0 aliphatic rings. The highest BCUT2D eigenvalue weighted by atomic mass is 79.9. The first-order valence-electron chi connectivity index (χ1n) is 5.10. The number of carbonyl (C=O) groups excluding carboxylic acids is 1. The Kier molecular flexibility index (Phi) is 4.27. The normalized spacial score (nSPS) is 10.1. The fourth-order valence-electron chi connectivity index (χ4n) is 1.27. The summed E-state index contributed by atoms with van der Waals surface area (Å²) in [5, 5.41) is 7.85. The third kappa shape index (κ3) is 3.27. The number of aromatic nitrogens is 2. The maximum atomic E-state index is 11.9. The zero-order chi connectivity index (χ0) is 13.0. The fourth-order valence-corrected chi connectivity index (χ4v) is 2.19. The lowest BCUT2D eigenvalue weighted by molar-refractivity contribution is -0.120. The molecule has 5 nitrogen and oxygen atoms in total. The van der Waals surface area contributed by atoms with E-state index in [1.54, 1.807) is 7.05 Å². The minimum atomic E-state index is -0.146. The predicted molar refractivity (Wildman–Crippen MR) is 73.0 cm³/mol. The van der Waals surface area contributed by atoms with Crippen LogP contribution in [0, 0.1) is 0 Å². The minimum absolute atomic E-state index is 0.0625. The van der Waals surface area contributed by atoms with Gasteiger partial charge in [-0.25, -0.2) is 0 Å². The van der Waals surface area contributed by atoms with E-state index in [1.807, 2.05) is 30.3 Å². The standard InChI is InChI=1S/C11H10BrN3O2S/c1-15(8-5-3-2-4-6-8)9(16)7-17-11-14-13-10(12)18-11/h2-6H,7H2,1H3. The van der Waals surface area contributed by atoms with E-state index in [4.69, 9.17) is 4.74 Å². The molecule has 0 spiro atoms. The molecule has 2 aromatic rings. The Bertz CT molecular complexity index is 532. The summed E-state index contributed by atoms with van der Waals surface area (Å²) in [4.78, 5) is 13.4. The lowest BCUT2D eigenvalue weighted by atomic mass is 10.3. The maximum absolute atomic E-state index is 11.9. The topological polar surface area (TPSA) is 55.3 Å². The number of amides is 1. The highest BCUT2D eigenvalue weighted by Crippen LogP contribution is 2.22. The first-order chi connectivity index (χ1) is 8.66. The van der Waals surface area contributed by atoms with E-state index in [0.717, 1.165) is 5.69 Å². The highest BCUT2D eigenvalue weighted by molar-refractivity contribution is 9.11.